The van der Waals surface area contributed by atoms with Crippen molar-refractivity contribution < 1.29 is 9.90 Å². The molecule has 3 heterocycles. The van der Waals surface area contributed by atoms with Crippen LogP contribution in [0.15, 0.2) is 46.2 Å². The lowest BCUT2D eigenvalue weighted by molar-refractivity contribution is -0.121. The van der Waals surface area contributed by atoms with E-state index in [0.29, 0.717) is 82.7 Å². The predicted octanol–water partition coefficient (Wildman–Crippen LogP) is 4.79. The average molecular weight is 681 g/mol. The monoisotopic (exact) mass is 679 g/mol. The number of amides is 1. The van der Waals surface area contributed by atoms with E-state index in [9.17, 15) is 14.7 Å². The molecule has 250 valence electrons. The number of fused-ring (bicyclic) bond motifs is 3. The molecule has 2 aromatic carbocycles. The molecule has 3 aromatic rings. The lowest BCUT2D eigenvalue weighted by Gasteiger charge is -2.61. The predicted molar refractivity (Wildman–Crippen MR) is 188 cm³/mol. The Balaban J connectivity index is 1.22. The number of β-amino-alcohol motifs (C(OH)–C–C–N with tert-alkyl or cyclic N) is 1. The molecule has 3 N–H and O–H groups in total. The molecular weight excluding hydrogens is 637 g/mol. The van der Waals surface area contributed by atoms with E-state index in [2.05, 4.69) is 36.3 Å². The number of aromatic nitrogens is 2. The first-order chi connectivity index (χ1) is 22.4. The summed E-state index contributed by atoms with van der Waals surface area (Å²) in [7, 11) is 0. The molecule has 3 aliphatic carbocycles. The number of nitrogens with zero attached hydrogens (tertiary/aromatic N) is 5. The zero-order valence-electron chi connectivity index (χ0n) is 27.3. The number of hydrogen-bond acceptors (Lipinski definition) is 6. The number of benzene rings is 2. The zero-order chi connectivity index (χ0) is 33.2. The molecule has 0 spiro atoms. The third kappa shape index (κ3) is 6.08. The van der Waals surface area contributed by atoms with Gasteiger partial charge < -0.3 is 25.5 Å². The third-order valence-electron chi connectivity index (χ3n) is 11.1. The number of rotatable bonds is 6. The van der Waals surface area contributed by atoms with Crippen LogP contribution in [0.2, 0.25) is 10.0 Å². The van der Waals surface area contributed by atoms with Crippen LogP contribution >= 0.6 is 23.2 Å². The summed E-state index contributed by atoms with van der Waals surface area (Å²) in [6.45, 7) is 11.1. The smallest absolute Gasteiger partial charge is 0.262 e. The van der Waals surface area contributed by atoms with Crippen LogP contribution in [0.4, 0.5) is 11.6 Å². The molecule has 1 unspecified atom stereocenters. The minimum atomic E-state index is -0.371. The Morgan fingerprint density at radius 2 is 1.89 bits per heavy atom. The van der Waals surface area contributed by atoms with Gasteiger partial charge in [-0.3, -0.25) is 14.2 Å². The summed E-state index contributed by atoms with van der Waals surface area (Å²) in [4.78, 5) is 40.9. The topological polar surface area (TPSA) is 115 Å². The molecule has 12 heteroatoms. The van der Waals surface area contributed by atoms with E-state index in [1.54, 1.807) is 22.8 Å². The molecule has 2 saturated heterocycles. The number of carbonyl (C=O) groups excluding carboxylic acids is 1. The molecular formula is C35H43Cl2N7O3. The van der Waals surface area contributed by atoms with Gasteiger partial charge in [-0.1, -0.05) is 50.0 Å². The maximum atomic E-state index is 14.1. The van der Waals surface area contributed by atoms with Crippen molar-refractivity contribution in [3.8, 4) is 0 Å². The molecule has 5 aliphatic rings. The molecule has 47 heavy (non-hydrogen) atoms. The molecule has 1 aromatic heterocycles. The Hall–Kier alpha value is -3.34. The number of piperazine rings is 1. The second-order valence-electron chi connectivity index (χ2n) is 14.6. The molecule has 2 aliphatic heterocycles. The van der Waals surface area contributed by atoms with Crippen LogP contribution in [0, 0.1) is 23.2 Å². The van der Waals surface area contributed by atoms with Crippen molar-refractivity contribution in [1.82, 2.24) is 19.8 Å². The average Bonchev–Trinajstić information content (AvgIpc) is 2.99. The number of likely N-dealkylation sites (tertiary alicyclic amines) is 1. The Labute approximate surface area is 285 Å². The van der Waals surface area contributed by atoms with Crippen molar-refractivity contribution in [2.24, 2.45) is 28.2 Å². The minimum Gasteiger partial charge on any atom is -0.389 e. The van der Waals surface area contributed by atoms with Gasteiger partial charge in [-0.15, -0.1) is 0 Å². The Kier molecular flexibility index (Phi) is 8.42. The summed E-state index contributed by atoms with van der Waals surface area (Å²) < 4.78 is 1.65. The summed E-state index contributed by atoms with van der Waals surface area (Å²) in [5.41, 5.74) is 2.35. The first kappa shape index (κ1) is 32.2. The SMILES string of the molecule is C[C@@H]1C(N=C(Nc2ccc3c(=O)n(CCc4ccc(Cl)cc4Cl)c(N4CC(=O)N[C@@H](C)C4)nc3c2)N2CC(O)C2)C[C@@H]2C[C@H]1C2(C)C. The van der Waals surface area contributed by atoms with Crippen LogP contribution in [-0.2, 0) is 17.8 Å². The summed E-state index contributed by atoms with van der Waals surface area (Å²) >= 11 is 12.6. The highest BCUT2D eigenvalue weighted by Gasteiger charge is 2.56. The normalized spacial score (nSPS) is 27.3. The zero-order valence-corrected chi connectivity index (χ0v) is 28.9. The van der Waals surface area contributed by atoms with Gasteiger partial charge in [-0.25, -0.2) is 9.98 Å². The highest BCUT2D eigenvalue weighted by molar-refractivity contribution is 6.35. The van der Waals surface area contributed by atoms with Crippen LogP contribution in [0.1, 0.15) is 46.1 Å². The summed E-state index contributed by atoms with van der Waals surface area (Å²) in [6.07, 6.45) is 2.47. The highest BCUT2D eigenvalue weighted by atomic mass is 35.5. The van der Waals surface area contributed by atoms with Crippen LogP contribution in [0.3, 0.4) is 0 Å². The van der Waals surface area contributed by atoms with E-state index in [0.717, 1.165) is 23.6 Å². The van der Waals surface area contributed by atoms with E-state index in [1.807, 2.05) is 30.0 Å². The number of aliphatic hydroxyl groups excluding tert-OH is 1. The van der Waals surface area contributed by atoms with Gasteiger partial charge in [0.15, 0.2) is 5.96 Å². The molecule has 5 atom stereocenters. The number of aliphatic hydroxyl groups is 1. The number of guanidine groups is 1. The maximum Gasteiger partial charge on any atom is 0.262 e. The second kappa shape index (κ2) is 12.3. The number of halogens is 2. The van der Waals surface area contributed by atoms with Crippen LogP contribution in [0.5, 0.6) is 0 Å². The molecule has 8 rings (SSSR count). The lowest BCUT2D eigenvalue weighted by Crippen LogP contribution is -2.58. The highest BCUT2D eigenvalue weighted by Crippen LogP contribution is 2.61. The number of carbonyl (C=O) groups is 1. The second-order valence-corrected chi connectivity index (χ2v) is 15.4. The van der Waals surface area contributed by atoms with Gasteiger partial charge in [0.1, 0.15) is 0 Å². The largest absolute Gasteiger partial charge is 0.389 e. The van der Waals surface area contributed by atoms with Crippen molar-refractivity contribution in [2.75, 3.05) is 36.4 Å². The summed E-state index contributed by atoms with van der Waals surface area (Å²) in [5, 5.41) is 18.2. The Bertz CT molecular complexity index is 1800. The lowest BCUT2D eigenvalue weighted by atomic mass is 9.45. The number of aliphatic imine (C=N–C) groups is 1. The number of hydrogen-bond donors (Lipinski definition) is 3. The van der Waals surface area contributed by atoms with Crippen molar-refractivity contribution in [3.63, 3.8) is 0 Å². The molecule has 3 saturated carbocycles. The van der Waals surface area contributed by atoms with Gasteiger partial charge in [0, 0.05) is 48.0 Å². The third-order valence-corrected chi connectivity index (χ3v) is 11.7. The van der Waals surface area contributed by atoms with Crippen LogP contribution in [-0.4, -0.2) is 75.8 Å². The number of nitrogens with one attached hydrogen (secondary N) is 2. The van der Waals surface area contributed by atoms with Gasteiger partial charge in [0.2, 0.25) is 11.9 Å². The van der Waals surface area contributed by atoms with Crippen molar-refractivity contribution in [1.29, 1.82) is 0 Å². The molecule has 1 amide bonds. The maximum absolute atomic E-state index is 14.1. The van der Waals surface area contributed by atoms with Gasteiger partial charge in [0.25, 0.3) is 5.56 Å². The van der Waals surface area contributed by atoms with E-state index in [1.165, 1.54) is 6.42 Å². The summed E-state index contributed by atoms with van der Waals surface area (Å²) in [5.74, 6) is 2.91. The number of anilines is 2. The number of aryl methyl sites for hydroxylation is 1. The first-order valence-corrected chi connectivity index (χ1v) is 17.4. The van der Waals surface area contributed by atoms with Gasteiger partial charge in [0.05, 0.1) is 29.6 Å². The van der Waals surface area contributed by atoms with Crippen LogP contribution < -0.4 is 21.1 Å². The fourth-order valence-corrected chi connectivity index (χ4v) is 8.68. The minimum absolute atomic E-state index is 0.0968. The van der Waals surface area contributed by atoms with Gasteiger partial charge in [-0.05, 0) is 85.3 Å². The standard InChI is InChI=1S/C35H43Cl2N7O3/c1-19-15-43(18-31(46)38-19)34-41-30-14-24(7-8-26(30)32(47)44(34)10-9-21-5-6-23(36)13-28(21)37)39-33(42-16-25(45)17-42)40-29-12-22-11-27(20(29)2)35(22,3)4/h5-8,13-14,19-20,22,25,27,29,45H,9-12,15-18H2,1-4H3,(H,38,46)(H,39,40)/t19-,20-,22-,27+,29?/m0/s1. The Morgan fingerprint density at radius 3 is 2.57 bits per heavy atom. The Morgan fingerprint density at radius 1 is 1.11 bits per heavy atom. The fourth-order valence-electron chi connectivity index (χ4n) is 8.17. The van der Waals surface area contributed by atoms with Crippen molar-refractivity contribution in [2.45, 2.75) is 71.7 Å². The van der Waals surface area contributed by atoms with E-state index >= 15 is 0 Å². The molecule has 10 nitrogen and oxygen atoms in total. The fraction of sp³-hybridized carbons (Fsp3) is 0.543. The van der Waals surface area contributed by atoms with E-state index < -0.39 is 0 Å². The van der Waals surface area contributed by atoms with Gasteiger partial charge >= 0.3 is 0 Å². The van der Waals surface area contributed by atoms with Crippen molar-refractivity contribution in [3.05, 3.63) is 62.4 Å². The molecule has 0 radical (unpaired) electrons. The van der Waals surface area contributed by atoms with E-state index in [-0.39, 0.29) is 36.2 Å². The van der Waals surface area contributed by atoms with E-state index in [4.69, 9.17) is 33.2 Å². The quantitative estimate of drug-likeness (QED) is 0.254. The molecule has 5 fully saturated rings. The molecule has 2 bridgehead atoms. The summed E-state index contributed by atoms with van der Waals surface area (Å²) in [6, 6.07) is 11.0. The van der Waals surface area contributed by atoms with Crippen LogP contribution in [0.25, 0.3) is 10.9 Å². The van der Waals surface area contributed by atoms with Gasteiger partial charge in [-0.2, -0.15) is 0 Å². The first-order valence-electron chi connectivity index (χ1n) is 16.7. The van der Waals surface area contributed by atoms with Crippen molar-refractivity contribution >= 4 is 57.6 Å².